The minimum Gasteiger partial charge on any atom is -0.494 e. The summed E-state index contributed by atoms with van der Waals surface area (Å²) in [5.74, 6) is 1.02. The van der Waals surface area contributed by atoms with Crippen molar-refractivity contribution in [2.24, 2.45) is 0 Å². The van der Waals surface area contributed by atoms with Crippen molar-refractivity contribution in [1.82, 2.24) is 24.6 Å². The molecule has 0 saturated heterocycles. The van der Waals surface area contributed by atoms with Crippen LogP contribution in [0.3, 0.4) is 0 Å². The van der Waals surface area contributed by atoms with E-state index in [1.807, 2.05) is 23.9 Å². The van der Waals surface area contributed by atoms with Gasteiger partial charge in [-0.05, 0) is 21.0 Å². The summed E-state index contributed by atoms with van der Waals surface area (Å²) in [6, 6.07) is 4.65. The SMILES string of the molecule is COc1cc(N(C)CCN(C)C)c([N+](=O)[O-])cc1Nc1nccc(-n2cc(C=O)c(C)n2)n1. The van der Waals surface area contributed by atoms with Crippen LogP contribution in [0.25, 0.3) is 5.82 Å². The van der Waals surface area contributed by atoms with Crippen molar-refractivity contribution >= 4 is 29.3 Å². The predicted molar refractivity (Wildman–Crippen MR) is 124 cm³/mol. The van der Waals surface area contributed by atoms with Crippen molar-refractivity contribution in [2.75, 3.05) is 51.6 Å². The normalized spacial score (nSPS) is 10.8. The van der Waals surface area contributed by atoms with Crippen molar-refractivity contribution in [3.63, 3.8) is 0 Å². The van der Waals surface area contributed by atoms with Crippen molar-refractivity contribution in [2.45, 2.75) is 6.92 Å². The average Bonchev–Trinajstić information content (AvgIpc) is 3.18. The number of anilines is 3. The van der Waals surface area contributed by atoms with E-state index in [2.05, 4.69) is 20.4 Å². The maximum atomic E-state index is 11.8. The molecule has 0 fully saturated rings. The van der Waals surface area contributed by atoms with E-state index in [9.17, 15) is 14.9 Å². The highest BCUT2D eigenvalue weighted by molar-refractivity contribution is 5.77. The number of rotatable bonds is 10. The van der Waals surface area contributed by atoms with E-state index in [4.69, 9.17) is 4.74 Å². The maximum absolute atomic E-state index is 11.8. The summed E-state index contributed by atoms with van der Waals surface area (Å²) in [7, 11) is 7.16. The van der Waals surface area contributed by atoms with E-state index in [1.54, 1.807) is 32.3 Å². The molecule has 0 atom stereocenters. The van der Waals surface area contributed by atoms with E-state index in [-0.39, 0.29) is 11.6 Å². The number of nitrogens with zero attached hydrogens (tertiary/aromatic N) is 7. The molecular formula is C21H26N8O4. The van der Waals surface area contributed by atoms with Gasteiger partial charge in [-0.1, -0.05) is 0 Å². The lowest BCUT2D eigenvalue weighted by Gasteiger charge is -2.22. The lowest BCUT2D eigenvalue weighted by atomic mass is 10.2. The monoisotopic (exact) mass is 454 g/mol. The summed E-state index contributed by atoms with van der Waals surface area (Å²) in [6.07, 6.45) is 3.81. The third-order valence-corrected chi connectivity index (χ3v) is 4.97. The van der Waals surface area contributed by atoms with Crippen LogP contribution in [0.1, 0.15) is 16.1 Å². The maximum Gasteiger partial charge on any atom is 0.294 e. The van der Waals surface area contributed by atoms with Gasteiger partial charge in [0.2, 0.25) is 5.95 Å². The van der Waals surface area contributed by atoms with Crippen LogP contribution in [0.4, 0.5) is 23.0 Å². The van der Waals surface area contributed by atoms with E-state index in [0.717, 1.165) is 12.8 Å². The minimum absolute atomic E-state index is 0.0750. The number of nitro benzene ring substituents is 1. The van der Waals surface area contributed by atoms with E-state index < -0.39 is 4.92 Å². The zero-order chi connectivity index (χ0) is 24.1. The number of ether oxygens (including phenoxy) is 1. The van der Waals surface area contributed by atoms with Gasteiger partial charge in [-0.25, -0.2) is 9.67 Å². The number of benzene rings is 1. The molecular weight excluding hydrogens is 428 g/mol. The second-order valence-corrected chi connectivity index (χ2v) is 7.62. The Balaban J connectivity index is 1.95. The zero-order valence-electron chi connectivity index (χ0n) is 19.1. The number of methoxy groups -OCH3 is 1. The zero-order valence-corrected chi connectivity index (χ0v) is 19.1. The molecule has 0 saturated carbocycles. The average molecular weight is 454 g/mol. The first-order valence-corrected chi connectivity index (χ1v) is 10.1. The first-order chi connectivity index (χ1) is 15.7. The molecule has 3 rings (SSSR count). The van der Waals surface area contributed by atoms with E-state index in [1.165, 1.54) is 24.1 Å². The molecule has 2 heterocycles. The molecule has 0 aliphatic carbocycles. The van der Waals surface area contributed by atoms with Crippen molar-refractivity contribution in [3.05, 3.63) is 52.0 Å². The van der Waals surface area contributed by atoms with Gasteiger partial charge < -0.3 is 19.9 Å². The van der Waals surface area contributed by atoms with Gasteiger partial charge in [0.1, 0.15) is 11.4 Å². The van der Waals surface area contributed by atoms with Crippen LogP contribution in [0, 0.1) is 17.0 Å². The van der Waals surface area contributed by atoms with Gasteiger partial charge in [-0.3, -0.25) is 14.9 Å². The number of carbonyl (C=O) groups excluding carboxylic acids is 1. The highest BCUT2D eigenvalue weighted by Gasteiger charge is 2.22. The second kappa shape index (κ2) is 10.0. The second-order valence-electron chi connectivity index (χ2n) is 7.62. The van der Waals surface area contributed by atoms with Gasteiger partial charge in [0, 0.05) is 50.7 Å². The lowest BCUT2D eigenvalue weighted by molar-refractivity contribution is -0.384. The number of hydrogen-bond donors (Lipinski definition) is 1. The van der Waals surface area contributed by atoms with Crippen LogP contribution in [0.5, 0.6) is 5.75 Å². The third-order valence-electron chi connectivity index (χ3n) is 4.97. The number of nitro groups is 1. The van der Waals surface area contributed by atoms with Crippen LogP contribution < -0.4 is 15.0 Å². The Labute approximate surface area is 191 Å². The molecule has 0 aliphatic rings. The minimum atomic E-state index is -0.434. The number of aromatic nitrogens is 4. The molecule has 2 aromatic heterocycles. The molecule has 33 heavy (non-hydrogen) atoms. The van der Waals surface area contributed by atoms with Crippen LogP contribution in [-0.4, -0.2) is 77.2 Å². The Bertz CT molecular complexity index is 1160. The van der Waals surface area contributed by atoms with Gasteiger partial charge in [0.05, 0.1) is 29.0 Å². The van der Waals surface area contributed by atoms with Crippen LogP contribution in [0.2, 0.25) is 0 Å². The Morgan fingerprint density at radius 3 is 2.64 bits per heavy atom. The Morgan fingerprint density at radius 1 is 1.27 bits per heavy atom. The quantitative estimate of drug-likeness (QED) is 0.277. The molecule has 0 radical (unpaired) electrons. The summed E-state index contributed by atoms with van der Waals surface area (Å²) < 4.78 is 6.95. The summed E-state index contributed by atoms with van der Waals surface area (Å²) in [5.41, 5.74) is 1.73. The molecule has 1 aromatic carbocycles. The number of aldehydes is 1. The first-order valence-electron chi connectivity index (χ1n) is 10.1. The van der Waals surface area contributed by atoms with Crippen molar-refractivity contribution in [1.29, 1.82) is 0 Å². The van der Waals surface area contributed by atoms with Gasteiger partial charge in [-0.15, -0.1) is 0 Å². The van der Waals surface area contributed by atoms with Crippen LogP contribution >= 0.6 is 0 Å². The Morgan fingerprint density at radius 2 is 2.03 bits per heavy atom. The summed E-state index contributed by atoms with van der Waals surface area (Å²) in [5, 5.41) is 19.1. The third kappa shape index (κ3) is 5.41. The fourth-order valence-corrected chi connectivity index (χ4v) is 3.11. The highest BCUT2D eigenvalue weighted by atomic mass is 16.6. The molecule has 0 unspecified atom stereocenters. The van der Waals surface area contributed by atoms with E-state index in [0.29, 0.717) is 40.7 Å². The fraction of sp³-hybridized carbons (Fsp3) is 0.333. The molecule has 3 aromatic rings. The summed E-state index contributed by atoms with van der Waals surface area (Å²) >= 11 is 0. The molecule has 0 amide bonds. The largest absolute Gasteiger partial charge is 0.494 e. The molecule has 0 spiro atoms. The smallest absolute Gasteiger partial charge is 0.294 e. The summed E-state index contributed by atoms with van der Waals surface area (Å²) in [6.45, 7) is 3.05. The Kier molecular flexibility index (Phi) is 7.18. The van der Waals surface area contributed by atoms with E-state index >= 15 is 0 Å². The summed E-state index contributed by atoms with van der Waals surface area (Å²) in [4.78, 5) is 34.9. The molecule has 0 aliphatic heterocycles. The van der Waals surface area contributed by atoms with Gasteiger partial charge >= 0.3 is 0 Å². The molecule has 1 N–H and O–H groups in total. The molecule has 174 valence electrons. The molecule has 12 heteroatoms. The molecule has 0 bridgehead atoms. The number of carbonyl (C=O) groups is 1. The number of hydrogen-bond acceptors (Lipinski definition) is 10. The predicted octanol–water partition coefficient (Wildman–Crippen LogP) is 2.44. The van der Waals surface area contributed by atoms with Gasteiger partial charge in [-0.2, -0.15) is 10.1 Å². The standard InChI is InChI=1S/C21H26N8O4/c1-14-15(13-30)12-28(25-14)20-6-7-22-21(24-20)23-16-10-18(29(31)32)17(11-19(16)33-5)27(4)9-8-26(2)3/h6-7,10-13H,8-9H2,1-5H3,(H,22,23,24). The fourth-order valence-electron chi connectivity index (χ4n) is 3.11. The van der Waals surface area contributed by atoms with Crippen molar-refractivity contribution < 1.29 is 14.5 Å². The van der Waals surface area contributed by atoms with Gasteiger partial charge in [0.15, 0.2) is 12.1 Å². The van der Waals surface area contributed by atoms with Crippen molar-refractivity contribution in [3.8, 4) is 11.6 Å². The van der Waals surface area contributed by atoms with Crippen LogP contribution in [-0.2, 0) is 0 Å². The number of aryl methyl sites for hydroxylation is 1. The molecule has 12 nitrogen and oxygen atoms in total. The lowest BCUT2D eigenvalue weighted by Crippen LogP contribution is -2.28. The first kappa shape index (κ1) is 23.6. The number of likely N-dealkylation sites (N-methyl/N-ethyl adjacent to an activating group) is 2. The van der Waals surface area contributed by atoms with Crippen LogP contribution in [0.15, 0.2) is 30.6 Å². The Hall–Kier alpha value is -4.06. The van der Waals surface area contributed by atoms with Gasteiger partial charge in [0.25, 0.3) is 5.69 Å². The highest BCUT2D eigenvalue weighted by Crippen LogP contribution is 2.38. The topological polar surface area (TPSA) is 132 Å². The number of nitrogens with one attached hydrogen (secondary N) is 1.